The Bertz CT molecular complexity index is 192. The highest BCUT2D eigenvalue weighted by Gasteiger charge is 2.22. The van der Waals surface area contributed by atoms with E-state index in [9.17, 15) is 4.79 Å². The number of carbonyl (C=O) groups is 1. The van der Waals surface area contributed by atoms with Gasteiger partial charge in [0.2, 0.25) is 0 Å². The van der Waals surface area contributed by atoms with Gasteiger partial charge in [0.05, 0.1) is 0 Å². The normalized spacial score (nSPS) is 12.8. The van der Waals surface area contributed by atoms with Crippen molar-refractivity contribution >= 4 is 5.78 Å². The van der Waals surface area contributed by atoms with Gasteiger partial charge < -0.3 is 4.90 Å². The van der Waals surface area contributed by atoms with Gasteiger partial charge in [-0.15, -0.1) is 0 Å². The van der Waals surface area contributed by atoms with Gasteiger partial charge in [0.25, 0.3) is 0 Å². The second-order valence-corrected chi connectivity index (χ2v) is 4.27. The lowest BCUT2D eigenvalue weighted by Crippen LogP contribution is -2.21. The van der Waals surface area contributed by atoms with Crippen molar-refractivity contribution in [3.63, 3.8) is 0 Å². The van der Waals surface area contributed by atoms with E-state index in [2.05, 4.69) is 0 Å². The van der Waals surface area contributed by atoms with Crippen molar-refractivity contribution in [2.45, 2.75) is 27.2 Å². The van der Waals surface area contributed by atoms with E-state index in [1.807, 2.05) is 45.8 Å². The zero-order valence-electron chi connectivity index (χ0n) is 9.42. The van der Waals surface area contributed by atoms with Crippen LogP contribution in [0.25, 0.3) is 0 Å². The van der Waals surface area contributed by atoms with Gasteiger partial charge in [0.15, 0.2) is 5.78 Å². The second-order valence-electron chi connectivity index (χ2n) is 4.27. The number of nitrogens with zero attached hydrogens (tertiary/aromatic N) is 1. The molecule has 0 aliphatic rings. The summed E-state index contributed by atoms with van der Waals surface area (Å²) in [7, 11) is 3.97. The molecule has 0 saturated heterocycles. The molecular formula is C11H21NO. The summed E-state index contributed by atoms with van der Waals surface area (Å²) in [5.74, 6) is 0.219. The van der Waals surface area contributed by atoms with Gasteiger partial charge in [0, 0.05) is 12.0 Å². The van der Waals surface area contributed by atoms with Gasteiger partial charge >= 0.3 is 0 Å². The van der Waals surface area contributed by atoms with Gasteiger partial charge in [-0.25, -0.2) is 0 Å². The summed E-state index contributed by atoms with van der Waals surface area (Å²) in [5, 5.41) is 0. The molecule has 0 aromatic rings. The molecule has 0 amide bonds. The maximum atomic E-state index is 11.6. The monoisotopic (exact) mass is 183 g/mol. The topological polar surface area (TPSA) is 20.3 Å². The SMILES string of the molecule is CCC(C)(C)C(=O)/C=C/CN(C)C. The zero-order valence-corrected chi connectivity index (χ0v) is 9.42. The molecule has 0 unspecified atom stereocenters. The molecule has 0 spiro atoms. The van der Waals surface area contributed by atoms with Crippen LogP contribution in [0.3, 0.4) is 0 Å². The molecule has 0 atom stereocenters. The van der Waals surface area contributed by atoms with Crippen molar-refractivity contribution < 1.29 is 4.79 Å². The molecule has 0 bridgehead atoms. The van der Waals surface area contributed by atoms with Crippen LogP contribution < -0.4 is 0 Å². The number of allylic oxidation sites excluding steroid dienone is 1. The lowest BCUT2D eigenvalue weighted by molar-refractivity contribution is -0.122. The number of hydrogen-bond acceptors (Lipinski definition) is 2. The predicted molar refractivity (Wildman–Crippen MR) is 56.8 cm³/mol. The Kier molecular flexibility index (Phi) is 4.92. The third kappa shape index (κ3) is 4.83. The van der Waals surface area contributed by atoms with Crippen molar-refractivity contribution in [1.82, 2.24) is 4.90 Å². The fraction of sp³-hybridized carbons (Fsp3) is 0.727. The minimum atomic E-state index is -0.206. The zero-order chi connectivity index (χ0) is 10.5. The Hall–Kier alpha value is -0.630. The highest BCUT2D eigenvalue weighted by molar-refractivity contribution is 5.94. The average Bonchev–Trinajstić information content (AvgIpc) is 2.03. The van der Waals surface area contributed by atoms with Gasteiger partial charge in [-0.1, -0.05) is 26.8 Å². The molecule has 0 aliphatic heterocycles. The van der Waals surface area contributed by atoms with Crippen LogP contribution in [0.1, 0.15) is 27.2 Å². The highest BCUT2D eigenvalue weighted by Crippen LogP contribution is 2.21. The first kappa shape index (κ1) is 12.4. The maximum absolute atomic E-state index is 11.6. The minimum Gasteiger partial charge on any atom is -0.306 e. The first-order valence-corrected chi connectivity index (χ1v) is 4.76. The van der Waals surface area contributed by atoms with Crippen molar-refractivity contribution in [2.75, 3.05) is 20.6 Å². The Morgan fingerprint density at radius 2 is 1.92 bits per heavy atom. The molecule has 0 heterocycles. The van der Waals surface area contributed by atoms with Gasteiger partial charge in [-0.3, -0.25) is 4.79 Å². The van der Waals surface area contributed by atoms with Crippen molar-refractivity contribution in [3.05, 3.63) is 12.2 Å². The van der Waals surface area contributed by atoms with Crippen LogP contribution in [-0.4, -0.2) is 31.3 Å². The Morgan fingerprint density at radius 1 is 1.38 bits per heavy atom. The van der Waals surface area contributed by atoms with Gasteiger partial charge in [-0.05, 0) is 26.6 Å². The Morgan fingerprint density at radius 3 is 2.31 bits per heavy atom. The van der Waals surface area contributed by atoms with Crippen molar-refractivity contribution in [2.24, 2.45) is 5.41 Å². The largest absolute Gasteiger partial charge is 0.306 e. The van der Waals surface area contributed by atoms with Crippen LogP contribution in [0.2, 0.25) is 0 Å². The van der Waals surface area contributed by atoms with Crippen LogP contribution in [-0.2, 0) is 4.79 Å². The Balaban J connectivity index is 4.07. The first-order chi connectivity index (χ1) is 5.90. The fourth-order valence-electron chi connectivity index (χ4n) is 0.770. The van der Waals surface area contributed by atoms with Crippen LogP contribution in [0, 0.1) is 5.41 Å². The summed E-state index contributed by atoms with van der Waals surface area (Å²) in [6, 6.07) is 0. The summed E-state index contributed by atoms with van der Waals surface area (Å²) < 4.78 is 0. The predicted octanol–water partition coefficient (Wildman–Crippen LogP) is 2.11. The summed E-state index contributed by atoms with van der Waals surface area (Å²) in [4.78, 5) is 13.6. The standard InChI is InChI=1S/C11H21NO/c1-6-11(2,3)10(13)8-7-9-12(4)5/h7-8H,6,9H2,1-5H3/b8-7+. The molecular weight excluding hydrogens is 162 g/mol. The number of likely N-dealkylation sites (N-methyl/N-ethyl adjacent to an activating group) is 1. The summed E-state index contributed by atoms with van der Waals surface area (Å²) in [6.07, 6.45) is 4.50. The molecule has 2 nitrogen and oxygen atoms in total. The Labute approximate surface area is 81.6 Å². The summed E-state index contributed by atoms with van der Waals surface area (Å²) in [5.41, 5.74) is -0.206. The van der Waals surface area contributed by atoms with E-state index in [4.69, 9.17) is 0 Å². The quantitative estimate of drug-likeness (QED) is 0.608. The molecule has 13 heavy (non-hydrogen) atoms. The number of ketones is 1. The molecule has 76 valence electrons. The van der Waals surface area contributed by atoms with Crippen LogP contribution in [0.4, 0.5) is 0 Å². The van der Waals surface area contributed by atoms with E-state index in [0.29, 0.717) is 0 Å². The summed E-state index contributed by atoms with van der Waals surface area (Å²) in [6.45, 7) is 6.83. The molecule has 0 aliphatic carbocycles. The molecule has 0 aromatic heterocycles. The molecule has 0 rings (SSSR count). The van der Waals surface area contributed by atoms with E-state index < -0.39 is 0 Å². The van der Waals surface area contributed by atoms with Crippen molar-refractivity contribution in [1.29, 1.82) is 0 Å². The lowest BCUT2D eigenvalue weighted by Gasteiger charge is -2.18. The minimum absolute atomic E-state index is 0.206. The van der Waals surface area contributed by atoms with Gasteiger partial charge in [-0.2, -0.15) is 0 Å². The van der Waals surface area contributed by atoms with Gasteiger partial charge in [0.1, 0.15) is 0 Å². The first-order valence-electron chi connectivity index (χ1n) is 4.76. The summed E-state index contributed by atoms with van der Waals surface area (Å²) >= 11 is 0. The number of rotatable bonds is 5. The molecule has 2 heteroatoms. The molecule has 0 fully saturated rings. The number of hydrogen-bond donors (Lipinski definition) is 0. The third-order valence-corrected chi connectivity index (χ3v) is 2.29. The van der Waals surface area contributed by atoms with Crippen LogP contribution in [0.15, 0.2) is 12.2 Å². The van der Waals surface area contributed by atoms with Crippen molar-refractivity contribution in [3.8, 4) is 0 Å². The molecule has 0 saturated carbocycles. The van der Waals surface area contributed by atoms with E-state index in [1.54, 1.807) is 6.08 Å². The number of carbonyl (C=O) groups excluding carboxylic acids is 1. The van der Waals surface area contributed by atoms with E-state index in [1.165, 1.54) is 0 Å². The fourth-order valence-corrected chi connectivity index (χ4v) is 0.770. The van der Waals surface area contributed by atoms with Crippen LogP contribution >= 0.6 is 0 Å². The lowest BCUT2D eigenvalue weighted by atomic mass is 9.85. The highest BCUT2D eigenvalue weighted by atomic mass is 16.1. The smallest absolute Gasteiger partial charge is 0.160 e. The van der Waals surface area contributed by atoms with E-state index in [-0.39, 0.29) is 11.2 Å². The molecule has 0 radical (unpaired) electrons. The third-order valence-electron chi connectivity index (χ3n) is 2.29. The van der Waals surface area contributed by atoms with E-state index in [0.717, 1.165) is 13.0 Å². The van der Waals surface area contributed by atoms with E-state index >= 15 is 0 Å². The molecule has 0 N–H and O–H groups in total. The maximum Gasteiger partial charge on any atom is 0.160 e. The van der Waals surface area contributed by atoms with Crippen LogP contribution in [0.5, 0.6) is 0 Å². The average molecular weight is 183 g/mol. The molecule has 0 aromatic carbocycles. The second kappa shape index (κ2) is 5.18.